The van der Waals surface area contributed by atoms with Gasteiger partial charge in [-0.3, -0.25) is 0 Å². The minimum atomic E-state index is -0.301. The molecule has 0 aliphatic rings. The second-order valence-corrected chi connectivity index (χ2v) is 8.65. The lowest BCUT2D eigenvalue weighted by atomic mass is 10.0. The Labute approximate surface area is 185 Å². The Kier molecular flexibility index (Phi) is 16.0. The van der Waals surface area contributed by atoms with Gasteiger partial charge in [0.25, 0.3) is 0 Å². The predicted octanol–water partition coefficient (Wildman–Crippen LogP) is 7.12. The molecule has 0 atom stereocenters. The molecule has 1 heterocycles. The largest absolute Gasteiger partial charge is 0.462 e. The molecular weight excluding hydrogens is 370 g/mol. The maximum atomic E-state index is 11.5. The Morgan fingerprint density at radius 3 is 1.93 bits per heavy atom. The number of nitrogens with zero attached hydrogens (tertiary/aromatic N) is 1. The Bertz CT molecular complexity index is 582. The number of hydrogen-bond donors (Lipinski definition) is 0. The van der Waals surface area contributed by atoms with Crippen molar-refractivity contribution in [1.29, 1.82) is 0 Å². The summed E-state index contributed by atoms with van der Waals surface area (Å²) in [6, 6.07) is 6.25. The molecule has 0 aromatic carbocycles. The van der Waals surface area contributed by atoms with Crippen molar-refractivity contribution in [3.05, 3.63) is 42.2 Å². The Morgan fingerprint density at radius 2 is 1.40 bits per heavy atom. The first-order chi connectivity index (χ1) is 14.6. The first kappa shape index (κ1) is 26.4. The van der Waals surface area contributed by atoms with E-state index in [0.717, 1.165) is 13.0 Å². The van der Waals surface area contributed by atoms with E-state index in [1.807, 2.05) is 0 Å². The van der Waals surface area contributed by atoms with Gasteiger partial charge in [-0.25, -0.2) is 9.36 Å². The minimum absolute atomic E-state index is 0.301. The summed E-state index contributed by atoms with van der Waals surface area (Å²) in [7, 11) is 0. The molecule has 0 unspecified atom stereocenters. The molecule has 3 nitrogen and oxygen atoms in total. The molecule has 1 aromatic rings. The van der Waals surface area contributed by atoms with E-state index in [4.69, 9.17) is 4.74 Å². The van der Waals surface area contributed by atoms with Crippen LogP contribution in [0.2, 0.25) is 0 Å². The van der Waals surface area contributed by atoms with Crippen molar-refractivity contribution in [2.75, 3.05) is 6.61 Å². The van der Waals surface area contributed by atoms with Gasteiger partial charge in [-0.2, -0.15) is 0 Å². The standard InChI is InChI=1S/C27H46NO2/c1-4-5-6-7-8-9-10-11-12-13-14-15-16-18-22-28-23-19-17-20-26(28)21-24-30-27(29)25(2)3/h17,19-20,23H,2,4-16,18,21-22,24H2,1,3H3/q+1. The molecule has 0 saturated heterocycles. The van der Waals surface area contributed by atoms with E-state index in [1.54, 1.807) is 6.92 Å². The summed E-state index contributed by atoms with van der Waals surface area (Å²) in [4.78, 5) is 11.5. The number of hydrogen-bond acceptors (Lipinski definition) is 2. The molecule has 0 fully saturated rings. The van der Waals surface area contributed by atoms with Crippen LogP contribution in [-0.2, 0) is 22.5 Å². The lowest BCUT2D eigenvalue weighted by molar-refractivity contribution is -0.704. The lowest BCUT2D eigenvalue weighted by Crippen LogP contribution is -2.38. The fourth-order valence-electron chi connectivity index (χ4n) is 3.80. The summed E-state index contributed by atoms with van der Waals surface area (Å²) in [5.41, 5.74) is 1.68. The van der Waals surface area contributed by atoms with Gasteiger partial charge in [0.1, 0.15) is 13.2 Å². The van der Waals surface area contributed by atoms with Crippen LogP contribution in [0.4, 0.5) is 0 Å². The molecule has 0 spiro atoms. The number of ether oxygens (including phenoxy) is 1. The molecule has 1 aromatic heterocycles. The predicted molar refractivity (Wildman–Crippen MR) is 126 cm³/mol. The Morgan fingerprint density at radius 1 is 0.867 bits per heavy atom. The van der Waals surface area contributed by atoms with Crippen molar-refractivity contribution in [2.45, 2.75) is 117 Å². The van der Waals surface area contributed by atoms with E-state index in [-0.39, 0.29) is 5.97 Å². The van der Waals surface area contributed by atoms with Gasteiger partial charge in [-0.15, -0.1) is 0 Å². The molecule has 0 saturated carbocycles. The van der Waals surface area contributed by atoms with Crippen LogP contribution in [0.15, 0.2) is 36.5 Å². The summed E-state index contributed by atoms with van der Waals surface area (Å²) in [5.74, 6) is -0.301. The van der Waals surface area contributed by atoms with Gasteiger partial charge in [-0.05, 0) is 13.3 Å². The average molecular weight is 417 g/mol. The molecule has 1 rings (SSSR count). The van der Waals surface area contributed by atoms with Gasteiger partial charge in [0.05, 0.1) is 6.42 Å². The highest BCUT2D eigenvalue weighted by Crippen LogP contribution is 2.13. The van der Waals surface area contributed by atoms with Gasteiger partial charge >= 0.3 is 5.97 Å². The monoisotopic (exact) mass is 416 g/mol. The van der Waals surface area contributed by atoms with Crippen LogP contribution in [0, 0.1) is 0 Å². The van der Waals surface area contributed by atoms with E-state index < -0.39 is 0 Å². The van der Waals surface area contributed by atoms with Gasteiger partial charge in [-0.1, -0.05) is 96.6 Å². The summed E-state index contributed by atoms with van der Waals surface area (Å²) in [6.07, 6.45) is 22.3. The van der Waals surface area contributed by atoms with Crippen molar-refractivity contribution >= 4 is 5.97 Å². The number of rotatable bonds is 19. The van der Waals surface area contributed by atoms with E-state index in [9.17, 15) is 4.79 Å². The average Bonchev–Trinajstić information content (AvgIpc) is 2.74. The summed E-state index contributed by atoms with van der Waals surface area (Å²) in [5, 5.41) is 0. The van der Waals surface area contributed by atoms with Crippen LogP contribution in [-0.4, -0.2) is 12.6 Å². The van der Waals surface area contributed by atoms with Crippen LogP contribution < -0.4 is 4.57 Å². The van der Waals surface area contributed by atoms with Crippen molar-refractivity contribution < 1.29 is 14.1 Å². The molecule has 3 heteroatoms. The van der Waals surface area contributed by atoms with E-state index >= 15 is 0 Å². The van der Waals surface area contributed by atoms with Crippen molar-refractivity contribution in [3.8, 4) is 0 Å². The smallest absolute Gasteiger partial charge is 0.333 e. The molecule has 0 bridgehead atoms. The van der Waals surface area contributed by atoms with Crippen LogP contribution in [0.1, 0.15) is 109 Å². The third-order valence-electron chi connectivity index (χ3n) is 5.73. The maximum Gasteiger partial charge on any atom is 0.333 e. The van der Waals surface area contributed by atoms with Crippen LogP contribution in [0.5, 0.6) is 0 Å². The highest BCUT2D eigenvalue weighted by atomic mass is 16.5. The van der Waals surface area contributed by atoms with Crippen molar-refractivity contribution in [1.82, 2.24) is 0 Å². The molecule has 0 amide bonds. The molecule has 170 valence electrons. The van der Waals surface area contributed by atoms with Crippen molar-refractivity contribution in [2.24, 2.45) is 0 Å². The first-order valence-electron chi connectivity index (χ1n) is 12.4. The zero-order chi connectivity index (χ0) is 21.9. The molecule has 0 radical (unpaired) electrons. The van der Waals surface area contributed by atoms with E-state index in [2.05, 4.69) is 42.5 Å². The zero-order valence-electron chi connectivity index (χ0n) is 19.8. The Balaban J connectivity index is 2.02. The number of aryl methyl sites for hydroxylation is 1. The first-order valence-corrected chi connectivity index (χ1v) is 12.4. The lowest BCUT2D eigenvalue weighted by Gasteiger charge is -2.06. The zero-order valence-corrected chi connectivity index (χ0v) is 19.8. The fourth-order valence-corrected chi connectivity index (χ4v) is 3.80. The summed E-state index contributed by atoms with van der Waals surface area (Å²) >= 11 is 0. The highest BCUT2D eigenvalue weighted by molar-refractivity contribution is 5.86. The normalized spacial score (nSPS) is 10.9. The van der Waals surface area contributed by atoms with Gasteiger partial charge in [0.2, 0.25) is 0 Å². The number of esters is 1. The quantitative estimate of drug-likeness (QED) is 0.104. The fraction of sp³-hybridized carbons (Fsp3) is 0.704. The maximum absolute atomic E-state index is 11.5. The molecule has 0 aliphatic heterocycles. The number of aromatic nitrogens is 1. The van der Waals surface area contributed by atoms with Crippen LogP contribution in [0.25, 0.3) is 0 Å². The molecule has 30 heavy (non-hydrogen) atoms. The minimum Gasteiger partial charge on any atom is -0.462 e. The number of unbranched alkanes of at least 4 members (excludes halogenated alkanes) is 13. The highest BCUT2D eigenvalue weighted by Gasteiger charge is 2.11. The third kappa shape index (κ3) is 13.6. The SMILES string of the molecule is C=C(C)C(=O)OCCc1cccc[n+]1CCCCCCCCCCCCCCCC. The molecule has 0 N–H and O–H groups in total. The van der Waals surface area contributed by atoms with Gasteiger partial charge < -0.3 is 4.74 Å². The summed E-state index contributed by atoms with van der Waals surface area (Å²) < 4.78 is 7.54. The number of carbonyl (C=O) groups is 1. The Hall–Kier alpha value is -1.64. The topological polar surface area (TPSA) is 30.2 Å². The van der Waals surface area contributed by atoms with E-state index in [0.29, 0.717) is 12.2 Å². The molecule has 0 aliphatic carbocycles. The second-order valence-electron chi connectivity index (χ2n) is 8.65. The van der Waals surface area contributed by atoms with E-state index in [1.165, 1.54) is 95.6 Å². The second kappa shape index (κ2) is 18.2. The number of pyridine rings is 1. The summed E-state index contributed by atoms with van der Waals surface area (Å²) in [6.45, 7) is 9.04. The van der Waals surface area contributed by atoms with Crippen LogP contribution in [0.3, 0.4) is 0 Å². The third-order valence-corrected chi connectivity index (χ3v) is 5.73. The van der Waals surface area contributed by atoms with Gasteiger partial charge in [0, 0.05) is 24.1 Å². The number of carbonyl (C=O) groups excluding carboxylic acids is 1. The molecular formula is C27H46NO2+. The van der Waals surface area contributed by atoms with Crippen molar-refractivity contribution in [3.63, 3.8) is 0 Å². The van der Waals surface area contributed by atoms with Gasteiger partial charge in [0.15, 0.2) is 11.9 Å². The van der Waals surface area contributed by atoms with Crippen LogP contribution >= 0.6 is 0 Å².